The second-order valence-corrected chi connectivity index (χ2v) is 11.0. The number of carbonyl (C=O) groups excluding carboxylic acids is 1. The molecule has 0 spiro atoms. The van der Waals surface area contributed by atoms with Crippen LogP contribution < -0.4 is 5.32 Å². The van der Waals surface area contributed by atoms with Crippen LogP contribution in [0.25, 0.3) is 0 Å². The van der Waals surface area contributed by atoms with E-state index in [-0.39, 0.29) is 22.3 Å². The summed E-state index contributed by atoms with van der Waals surface area (Å²) in [6.07, 6.45) is 2.92. The molecule has 0 aromatic heterocycles. The fourth-order valence-electron chi connectivity index (χ4n) is 3.83. The van der Waals surface area contributed by atoms with Gasteiger partial charge in [-0.2, -0.15) is 4.31 Å². The Morgan fingerprint density at radius 3 is 2.17 bits per heavy atom. The number of carbonyl (C=O) groups is 1. The predicted octanol–water partition coefficient (Wildman–Crippen LogP) is 4.31. The third-order valence-corrected chi connectivity index (χ3v) is 8.48. The summed E-state index contributed by atoms with van der Waals surface area (Å²) >= 11 is 9.30. The van der Waals surface area contributed by atoms with E-state index in [2.05, 4.69) is 21.2 Å². The molecule has 1 N–H and O–H groups in total. The lowest BCUT2D eigenvalue weighted by atomic mass is 9.95. The third kappa shape index (κ3) is 4.38. The standard InChI is InChI=1S/C21H22BrClN2O3S/c22-17-3-1-16(2-4-17)21(11-12-21)24-20(26)15-9-13-25(14-10-15)29(27,28)19-7-5-18(23)6-8-19/h1-8,15H,9-14H2,(H,24,26). The molecule has 2 aromatic carbocycles. The lowest BCUT2D eigenvalue weighted by Crippen LogP contribution is -2.45. The fourth-order valence-corrected chi connectivity index (χ4v) is 5.69. The first kappa shape index (κ1) is 20.8. The van der Waals surface area contributed by atoms with Gasteiger partial charge >= 0.3 is 0 Å². The van der Waals surface area contributed by atoms with Crippen molar-refractivity contribution in [3.8, 4) is 0 Å². The van der Waals surface area contributed by atoms with E-state index in [4.69, 9.17) is 11.6 Å². The molecule has 2 aromatic rings. The summed E-state index contributed by atoms with van der Waals surface area (Å²) in [7, 11) is -3.56. The van der Waals surface area contributed by atoms with Crippen molar-refractivity contribution < 1.29 is 13.2 Å². The smallest absolute Gasteiger partial charge is 0.243 e. The quantitative estimate of drug-likeness (QED) is 0.669. The minimum absolute atomic E-state index is 0.0222. The molecular weight excluding hydrogens is 476 g/mol. The number of amides is 1. The van der Waals surface area contributed by atoms with Crippen molar-refractivity contribution in [2.24, 2.45) is 5.92 Å². The summed E-state index contributed by atoms with van der Waals surface area (Å²) in [5.74, 6) is -0.145. The second-order valence-electron chi connectivity index (χ2n) is 7.71. The van der Waals surface area contributed by atoms with Crippen molar-refractivity contribution in [2.75, 3.05) is 13.1 Å². The van der Waals surface area contributed by atoms with Crippen LogP contribution in [0.4, 0.5) is 0 Å². The Labute approximate surface area is 184 Å². The molecule has 154 valence electrons. The van der Waals surface area contributed by atoms with Gasteiger partial charge < -0.3 is 5.32 Å². The topological polar surface area (TPSA) is 66.5 Å². The van der Waals surface area contributed by atoms with E-state index in [1.807, 2.05) is 24.3 Å². The van der Waals surface area contributed by atoms with Gasteiger partial charge in [0.25, 0.3) is 0 Å². The zero-order valence-electron chi connectivity index (χ0n) is 15.8. The first-order chi connectivity index (χ1) is 13.8. The average molecular weight is 498 g/mol. The van der Waals surface area contributed by atoms with Gasteiger partial charge in [-0.25, -0.2) is 8.42 Å². The van der Waals surface area contributed by atoms with E-state index in [0.29, 0.717) is 31.0 Å². The predicted molar refractivity (Wildman–Crippen MR) is 116 cm³/mol. The maximum atomic E-state index is 12.9. The number of sulfonamides is 1. The second kappa shape index (κ2) is 8.02. The van der Waals surface area contributed by atoms with Crippen molar-refractivity contribution in [1.82, 2.24) is 9.62 Å². The molecule has 2 fully saturated rings. The van der Waals surface area contributed by atoms with Gasteiger partial charge in [0.05, 0.1) is 10.4 Å². The molecule has 1 saturated heterocycles. The largest absolute Gasteiger partial charge is 0.346 e. The highest BCUT2D eigenvalue weighted by Crippen LogP contribution is 2.46. The number of hydrogen-bond donors (Lipinski definition) is 1. The highest BCUT2D eigenvalue weighted by Gasteiger charge is 2.46. The van der Waals surface area contributed by atoms with Crippen LogP contribution in [0, 0.1) is 5.92 Å². The van der Waals surface area contributed by atoms with Crippen LogP contribution in [0.5, 0.6) is 0 Å². The number of nitrogens with zero attached hydrogens (tertiary/aromatic N) is 1. The highest BCUT2D eigenvalue weighted by molar-refractivity contribution is 9.10. The van der Waals surface area contributed by atoms with Crippen LogP contribution in [0.1, 0.15) is 31.2 Å². The molecule has 1 amide bonds. The molecule has 1 saturated carbocycles. The van der Waals surface area contributed by atoms with E-state index in [9.17, 15) is 13.2 Å². The van der Waals surface area contributed by atoms with Crippen molar-refractivity contribution in [3.63, 3.8) is 0 Å². The Morgan fingerprint density at radius 1 is 1.03 bits per heavy atom. The van der Waals surface area contributed by atoms with Crippen molar-refractivity contribution >= 4 is 43.5 Å². The van der Waals surface area contributed by atoms with E-state index in [1.54, 1.807) is 12.1 Å². The maximum Gasteiger partial charge on any atom is 0.243 e. The molecule has 8 heteroatoms. The summed E-state index contributed by atoms with van der Waals surface area (Å²) < 4.78 is 28.1. The summed E-state index contributed by atoms with van der Waals surface area (Å²) in [6.45, 7) is 0.683. The molecule has 0 atom stereocenters. The van der Waals surface area contributed by atoms with Crippen LogP contribution >= 0.6 is 27.5 Å². The van der Waals surface area contributed by atoms with Crippen LogP contribution in [-0.4, -0.2) is 31.7 Å². The highest BCUT2D eigenvalue weighted by atomic mass is 79.9. The summed E-state index contributed by atoms with van der Waals surface area (Å²) in [6, 6.07) is 14.2. The van der Waals surface area contributed by atoms with Crippen molar-refractivity contribution in [3.05, 3.63) is 63.6 Å². The van der Waals surface area contributed by atoms with Gasteiger partial charge in [-0.15, -0.1) is 0 Å². The van der Waals surface area contributed by atoms with Crippen LogP contribution in [-0.2, 0) is 20.4 Å². The molecule has 2 aliphatic rings. The van der Waals surface area contributed by atoms with Gasteiger partial charge in [-0.3, -0.25) is 4.79 Å². The van der Waals surface area contributed by atoms with Crippen LogP contribution in [0.15, 0.2) is 57.9 Å². The SMILES string of the molecule is O=C(NC1(c2ccc(Br)cc2)CC1)C1CCN(S(=O)(=O)c2ccc(Cl)cc2)CC1. The Kier molecular flexibility index (Phi) is 5.77. The van der Waals surface area contributed by atoms with Crippen molar-refractivity contribution in [2.45, 2.75) is 36.1 Å². The molecule has 0 radical (unpaired) electrons. The van der Waals surface area contributed by atoms with Crippen molar-refractivity contribution in [1.29, 1.82) is 0 Å². The molecule has 1 aliphatic carbocycles. The number of rotatable bonds is 5. The van der Waals surface area contributed by atoms with E-state index in [1.165, 1.54) is 16.4 Å². The molecule has 1 aliphatic heterocycles. The molecule has 0 unspecified atom stereocenters. The Balaban J connectivity index is 1.37. The number of piperidine rings is 1. The first-order valence-corrected chi connectivity index (χ1v) is 12.3. The Hall–Kier alpha value is -1.41. The molecule has 0 bridgehead atoms. The van der Waals surface area contributed by atoms with E-state index < -0.39 is 10.0 Å². The fraction of sp³-hybridized carbons (Fsp3) is 0.381. The maximum absolute atomic E-state index is 12.9. The number of benzene rings is 2. The van der Waals surface area contributed by atoms with Gasteiger partial charge in [-0.1, -0.05) is 39.7 Å². The van der Waals surface area contributed by atoms with Gasteiger partial charge in [0, 0.05) is 28.5 Å². The Morgan fingerprint density at radius 2 is 1.62 bits per heavy atom. The number of hydrogen-bond acceptors (Lipinski definition) is 3. The zero-order chi connectivity index (χ0) is 20.6. The summed E-state index contributed by atoms with van der Waals surface area (Å²) in [4.78, 5) is 13.1. The van der Waals surface area contributed by atoms with Gasteiger partial charge in [0.1, 0.15) is 0 Å². The third-order valence-electron chi connectivity index (χ3n) is 5.79. The molecular formula is C21H22BrClN2O3S. The first-order valence-electron chi connectivity index (χ1n) is 9.64. The van der Waals surface area contributed by atoms with Gasteiger partial charge in [0.2, 0.25) is 15.9 Å². The van der Waals surface area contributed by atoms with Gasteiger partial charge in [0.15, 0.2) is 0 Å². The molecule has 1 heterocycles. The Bertz CT molecular complexity index is 997. The minimum atomic E-state index is -3.56. The number of nitrogens with one attached hydrogen (secondary N) is 1. The molecule has 29 heavy (non-hydrogen) atoms. The summed E-state index contributed by atoms with van der Waals surface area (Å²) in [5, 5.41) is 3.73. The van der Waals surface area contributed by atoms with Gasteiger partial charge in [-0.05, 0) is 67.6 Å². The van der Waals surface area contributed by atoms with E-state index >= 15 is 0 Å². The zero-order valence-corrected chi connectivity index (χ0v) is 18.9. The minimum Gasteiger partial charge on any atom is -0.346 e. The summed E-state index contributed by atoms with van der Waals surface area (Å²) in [5.41, 5.74) is 0.862. The lowest BCUT2D eigenvalue weighted by Gasteiger charge is -2.31. The lowest BCUT2D eigenvalue weighted by molar-refractivity contribution is -0.127. The monoisotopic (exact) mass is 496 g/mol. The average Bonchev–Trinajstić information content (AvgIpc) is 3.49. The molecule has 5 nitrogen and oxygen atoms in total. The van der Waals surface area contributed by atoms with Crippen LogP contribution in [0.3, 0.4) is 0 Å². The van der Waals surface area contributed by atoms with Crippen LogP contribution in [0.2, 0.25) is 5.02 Å². The molecule has 4 rings (SSSR count). The number of halogens is 2. The van der Waals surface area contributed by atoms with E-state index in [0.717, 1.165) is 22.9 Å². The normalized spacial score (nSPS) is 19.7.